The van der Waals surface area contributed by atoms with Crippen LogP contribution in [0.2, 0.25) is 5.02 Å². The van der Waals surface area contributed by atoms with E-state index in [9.17, 15) is 13.2 Å². The first-order chi connectivity index (χ1) is 18.3. The Balaban J connectivity index is 1.37. The molecule has 0 atom stereocenters. The van der Waals surface area contributed by atoms with E-state index in [4.69, 9.17) is 21.3 Å². The average molecular weight is 548 g/mol. The number of piperazine rings is 1. The van der Waals surface area contributed by atoms with Gasteiger partial charge in [-0.25, -0.2) is 4.98 Å². The van der Waals surface area contributed by atoms with E-state index in [1.807, 2.05) is 4.90 Å². The highest BCUT2D eigenvalue weighted by Crippen LogP contribution is 2.33. The number of pyridine rings is 1. The summed E-state index contributed by atoms with van der Waals surface area (Å²) in [5.74, 6) is 1.20. The summed E-state index contributed by atoms with van der Waals surface area (Å²) in [6, 6.07) is 8.69. The molecule has 1 N–H and O–H groups in total. The molecule has 202 valence electrons. The van der Waals surface area contributed by atoms with Crippen molar-refractivity contribution in [3.05, 3.63) is 64.4 Å². The van der Waals surface area contributed by atoms with E-state index in [0.29, 0.717) is 48.5 Å². The molecule has 0 unspecified atom stereocenters. The lowest BCUT2D eigenvalue weighted by molar-refractivity contribution is -0.137. The maximum absolute atomic E-state index is 13.0. The second-order valence-electron chi connectivity index (χ2n) is 9.45. The molecule has 0 radical (unpaired) electrons. The second kappa shape index (κ2) is 11.3. The molecule has 2 aromatic heterocycles. The Labute approximate surface area is 224 Å². The number of nitrogens with one attached hydrogen (secondary N) is 1. The quantitative estimate of drug-likeness (QED) is 0.464. The molecule has 3 aromatic rings. The van der Waals surface area contributed by atoms with Crippen molar-refractivity contribution in [3.63, 3.8) is 0 Å². The van der Waals surface area contributed by atoms with Crippen LogP contribution in [-0.4, -0.2) is 77.7 Å². The number of ether oxygens (including phenoxy) is 1. The van der Waals surface area contributed by atoms with E-state index in [0.717, 1.165) is 56.1 Å². The summed E-state index contributed by atoms with van der Waals surface area (Å²) in [6.07, 6.45) is -2.10. The molecule has 0 saturated carbocycles. The molecule has 1 aromatic carbocycles. The number of halogens is 4. The molecule has 38 heavy (non-hydrogen) atoms. The second-order valence-corrected chi connectivity index (χ2v) is 9.86. The molecule has 0 aliphatic carbocycles. The Bertz CT molecular complexity index is 1250. The normalized spacial score (nSPS) is 16.8. The maximum Gasteiger partial charge on any atom is 0.416 e. The number of hydrogen-bond donors (Lipinski definition) is 1. The lowest BCUT2D eigenvalue weighted by Crippen LogP contribution is -2.45. The summed E-state index contributed by atoms with van der Waals surface area (Å²) >= 11 is 6.39. The predicted octanol–water partition coefficient (Wildman–Crippen LogP) is 4.48. The van der Waals surface area contributed by atoms with Gasteiger partial charge in [0.15, 0.2) is 0 Å². The van der Waals surface area contributed by atoms with Gasteiger partial charge in [-0.2, -0.15) is 23.1 Å². The van der Waals surface area contributed by atoms with Crippen molar-refractivity contribution < 1.29 is 17.9 Å². The van der Waals surface area contributed by atoms with Crippen LogP contribution in [0.25, 0.3) is 0 Å². The number of aromatic nitrogens is 3. The minimum atomic E-state index is -4.40. The van der Waals surface area contributed by atoms with Crippen LogP contribution in [-0.2, 0) is 19.1 Å². The third-order valence-corrected chi connectivity index (χ3v) is 7.09. The highest BCUT2D eigenvalue weighted by Gasteiger charge is 2.30. The molecule has 2 aliphatic rings. The van der Waals surface area contributed by atoms with Crippen molar-refractivity contribution in [1.82, 2.24) is 24.8 Å². The molecule has 0 spiro atoms. The number of benzene rings is 1. The largest absolute Gasteiger partial charge is 0.462 e. The predicted molar refractivity (Wildman–Crippen MR) is 140 cm³/mol. The molecule has 0 bridgehead atoms. The first-order valence-corrected chi connectivity index (χ1v) is 12.9. The van der Waals surface area contributed by atoms with Gasteiger partial charge in [0, 0.05) is 56.7 Å². The molecular weight excluding hydrogens is 519 g/mol. The summed E-state index contributed by atoms with van der Waals surface area (Å²) < 4.78 is 45.0. The standard InChI is InChI=1S/C26H29ClF3N7O/c1-35-11-13-36(14-12-35)15-16-38-25-33-22-17-37(24-21(27)3-2-9-31-24)10-8-20(22)23(34-25)32-19-6-4-18(5-7-19)26(28,29)30/h2-7,9H,8,10-17H2,1H3,(H,32,33,34). The third-order valence-electron chi connectivity index (χ3n) is 6.79. The van der Waals surface area contributed by atoms with E-state index in [2.05, 4.69) is 32.1 Å². The van der Waals surface area contributed by atoms with Crippen molar-refractivity contribution in [2.24, 2.45) is 0 Å². The molecule has 4 heterocycles. The van der Waals surface area contributed by atoms with E-state index >= 15 is 0 Å². The van der Waals surface area contributed by atoms with Gasteiger partial charge < -0.3 is 19.9 Å². The first-order valence-electron chi connectivity index (χ1n) is 12.5. The van der Waals surface area contributed by atoms with Crippen molar-refractivity contribution in [3.8, 4) is 6.01 Å². The molecule has 5 rings (SSSR count). The van der Waals surface area contributed by atoms with Gasteiger partial charge in [0.05, 0.1) is 22.8 Å². The van der Waals surface area contributed by atoms with Gasteiger partial charge in [0.1, 0.15) is 18.2 Å². The average Bonchev–Trinajstić information content (AvgIpc) is 2.90. The number of alkyl halides is 3. The lowest BCUT2D eigenvalue weighted by atomic mass is 10.1. The van der Waals surface area contributed by atoms with E-state index in [-0.39, 0.29) is 6.01 Å². The summed E-state index contributed by atoms with van der Waals surface area (Å²) in [6.45, 7) is 6.26. The summed E-state index contributed by atoms with van der Waals surface area (Å²) in [4.78, 5) is 20.4. The number of hydrogen-bond acceptors (Lipinski definition) is 8. The fraction of sp³-hybridized carbons (Fsp3) is 0.423. The smallest absolute Gasteiger partial charge is 0.416 e. The van der Waals surface area contributed by atoms with Crippen molar-refractivity contribution >= 4 is 28.9 Å². The fourth-order valence-corrected chi connectivity index (χ4v) is 4.82. The summed E-state index contributed by atoms with van der Waals surface area (Å²) in [5, 5.41) is 3.74. The zero-order valence-electron chi connectivity index (χ0n) is 21.0. The van der Waals surface area contributed by atoms with Crippen LogP contribution in [0.1, 0.15) is 16.8 Å². The summed E-state index contributed by atoms with van der Waals surface area (Å²) in [7, 11) is 2.11. The highest BCUT2D eigenvalue weighted by atomic mass is 35.5. The van der Waals surface area contributed by atoms with Crippen LogP contribution in [0.4, 0.5) is 30.5 Å². The van der Waals surface area contributed by atoms with Crippen molar-refractivity contribution in [2.45, 2.75) is 19.1 Å². The van der Waals surface area contributed by atoms with Gasteiger partial charge >= 0.3 is 12.2 Å². The van der Waals surface area contributed by atoms with E-state index in [1.54, 1.807) is 18.3 Å². The van der Waals surface area contributed by atoms with Crippen molar-refractivity contribution in [1.29, 1.82) is 0 Å². The van der Waals surface area contributed by atoms with Gasteiger partial charge in [0.2, 0.25) is 0 Å². The monoisotopic (exact) mass is 547 g/mol. The van der Waals surface area contributed by atoms with Crippen molar-refractivity contribution in [2.75, 3.05) is 63.1 Å². The highest BCUT2D eigenvalue weighted by molar-refractivity contribution is 6.32. The first kappa shape index (κ1) is 26.5. The fourth-order valence-electron chi connectivity index (χ4n) is 4.58. The Morgan fingerprint density at radius 2 is 1.79 bits per heavy atom. The number of rotatable bonds is 7. The van der Waals surface area contributed by atoms with Crippen LogP contribution in [0.5, 0.6) is 6.01 Å². The molecule has 12 heteroatoms. The molecule has 8 nitrogen and oxygen atoms in total. The number of nitrogens with zero attached hydrogens (tertiary/aromatic N) is 6. The number of likely N-dealkylation sites (N-methyl/N-ethyl adjacent to an activating group) is 1. The van der Waals surface area contributed by atoms with Gasteiger partial charge in [-0.1, -0.05) is 11.6 Å². The van der Waals surface area contributed by atoms with Crippen LogP contribution < -0.4 is 15.0 Å². The minimum Gasteiger partial charge on any atom is -0.462 e. The summed E-state index contributed by atoms with van der Waals surface area (Å²) in [5.41, 5.74) is 1.44. The van der Waals surface area contributed by atoms with Crippen LogP contribution in [0.3, 0.4) is 0 Å². The number of fused-ring (bicyclic) bond motifs is 1. The Hall–Kier alpha value is -3.15. The van der Waals surface area contributed by atoms with Gasteiger partial charge in [-0.15, -0.1) is 0 Å². The maximum atomic E-state index is 13.0. The zero-order chi connectivity index (χ0) is 26.7. The molecular formula is C26H29ClF3N7O. The Kier molecular flexibility index (Phi) is 7.87. The molecule has 2 aliphatic heterocycles. The Morgan fingerprint density at radius 3 is 2.50 bits per heavy atom. The van der Waals surface area contributed by atoms with Gasteiger partial charge in [0.25, 0.3) is 0 Å². The van der Waals surface area contributed by atoms with Gasteiger partial charge in [-0.05, 0) is 49.9 Å². The van der Waals surface area contributed by atoms with Crippen LogP contribution >= 0.6 is 11.6 Å². The van der Waals surface area contributed by atoms with Crippen LogP contribution in [0, 0.1) is 0 Å². The molecule has 1 fully saturated rings. The van der Waals surface area contributed by atoms with E-state index < -0.39 is 11.7 Å². The van der Waals surface area contributed by atoms with Gasteiger partial charge in [-0.3, -0.25) is 4.90 Å². The number of anilines is 3. The lowest BCUT2D eigenvalue weighted by Gasteiger charge is -2.32. The topological polar surface area (TPSA) is 69.7 Å². The van der Waals surface area contributed by atoms with E-state index in [1.165, 1.54) is 12.1 Å². The zero-order valence-corrected chi connectivity index (χ0v) is 21.8. The third kappa shape index (κ3) is 6.28. The molecule has 0 amide bonds. The Morgan fingerprint density at radius 1 is 1.03 bits per heavy atom. The van der Waals surface area contributed by atoms with Crippen LogP contribution in [0.15, 0.2) is 42.6 Å². The molecule has 1 saturated heterocycles. The minimum absolute atomic E-state index is 0.223. The SMILES string of the molecule is CN1CCN(CCOc2nc3c(c(Nc4ccc(C(F)(F)F)cc4)n2)CCN(c2ncccc2Cl)C3)CC1.